The van der Waals surface area contributed by atoms with Gasteiger partial charge in [0, 0.05) is 5.69 Å². The van der Waals surface area contributed by atoms with Crippen molar-refractivity contribution < 1.29 is 0 Å². The molecule has 2 aliphatic rings. The molecule has 0 aliphatic heterocycles. The Morgan fingerprint density at radius 1 is 1.32 bits per heavy atom. The van der Waals surface area contributed by atoms with Crippen LogP contribution < -0.4 is 11.1 Å². The molecule has 19 heavy (non-hydrogen) atoms. The normalized spacial score (nSPS) is 25.2. The Balaban J connectivity index is 0.00000133. The van der Waals surface area contributed by atoms with Crippen LogP contribution in [-0.2, 0) is 12.8 Å². The molecule has 3 nitrogen and oxygen atoms in total. The van der Waals surface area contributed by atoms with E-state index < -0.39 is 0 Å². The monoisotopic (exact) mass is 371 g/mol. The number of benzene rings is 1. The lowest BCUT2D eigenvalue weighted by Crippen LogP contribution is -2.24. The van der Waals surface area contributed by atoms with Gasteiger partial charge >= 0.3 is 0 Å². The van der Waals surface area contributed by atoms with E-state index in [9.17, 15) is 0 Å². The zero-order valence-corrected chi connectivity index (χ0v) is 13.7. The predicted molar refractivity (Wildman–Crippen MR) is 91.3 cm³/mol. The summed E-state index contributed by atoms with van der Waals surface area (Å²) >= 11 is 0. The molecule has 1 fully saturated rings. The Kier molecular flexibility index (Phi) is 4.71. The molecular weight excluding hydrogens is 349 g/mol. The minimum absolute atomic E-state index is 0. The van der Waals surface area contributed by atoms with Crippen molar-refractivity contribution in [2.45, 2.75) is 45.1 Å². The molecule has 2 unspecified atom stereocenters. The standard InChI is InChI=1S/C15H21N3.HI/c1-10-9-14(10)18-15(16)17-13-8-4-6-11-5-2-3-7-12(11)13;/h4,6,8,10,14H,2-3,5,7,9H2,1H3,(H3,16,17,18);1H. The Morgan fingerprint density at radius 3 is 2.79 bits per heavy atom. The molecule has 104 valence electrons. The molecule has 1 aromatic rings. The smallest absolute Gasteiger partial charge is 0.193 e. The molecule has 0 heterocycles. The second-order valence-corrected chi connectivity index (χ2v) is 5.57. The highest BCUT2D eigenvalue weighted by Crippen LogP contribution is 2.33. The summed E-state index contributed by atoms with van der Waals surface area (Å²) in [7, 11) is 0. The maximum Gasteiger partial charge on any atom is 0.193 e. The first-order chi connectivity index (χ1) is 8.74. The van der Waals surface area contributed by atoms with Crippen molar-refractivity contribution >= 4 is 35.6 Å². The summed E-state index contributed by atoms with van der Waals surface area (Å²) in [6.45, 7) is 2.21. The van der Waals surface area contributed by atoms with Gasteiger partial charge in [-0.3, -0.25) is 0 Å². The molecule has 4 heteroatoms. The van der Waals surface area contributed by atoms with Crippen LogP contribution in [0.5, 0.6) is 0 Å². The third-order valence-corrected chi connectivity index (χ3v) is 4.03. The van der Waals surface area contributed by atoms with E-state index in [1.165, 1.54) is 36.8 Å². The van der Waals surface area contributed by atoms with Gasteiger partial charge in [0.2, 0.25) is 0 Å². The number of rotatable bonds is 2. The molecule has 2 aliphatic carbocycles. The highest BCUT2D eigenvalue weighted by molar-refractivity contribution is 14.0. The Bertz CT molecular complexity index is 484. The van der Waals surface area contributed by atoms with Gasteiger partial charge in [-0.05, 0) is 55.2 Å². The summed E-state index contributed by atoms with van der Waals surface area (Å²) in [5.41, 5.74) is 10.0. The number of anilines is 1. The summed E-state index contributed by atoms with van der Waals surface area (Å²) in [6.07, 6.45) is 6.12. The third kappa shape index (κ3) is 3.41. The van der Waals surface area contributed by atoms with E-state index in [0.717, 1.165) is 12.1 Å². The number of nitrogens with one attached hydrogen (secondary N) is 1. The second-order valence-electron chi connectivity index (χ2n) is 5.57. The van der Waals surface area contributed by atoms with E-state index in [2.05, 4.69) is 35.4 Å². The first-order valence-electron chi connectivity index (χ1n) is 6.95. The molecule has 0 saturated heterocycles. The topological polar surface area (TPSA) is 50.4 Å². The molecule has 1 aromatic carbocycles. The number of nitrogens with two attached hydrogens (primary N) is 1. The van der Waals surface area contributed by atoms with E-state index in [0.29, 0.717) is 17.9 Å². The average molecular weight is 371 g/mol. The summed E-state index contributed by atoms with van der Waals surface area (Å²) in [4.78, 5) is 4.50. The Morgan fingerprint density at radius 2 is 2.05 bits per heavy atom. The predicted octanol–water partition coefficient (Wildman–Crippen LogP) is 3.32. The molecule has 0 amide bonds. The number of aryl methyl sites for hydroxylation is 1. The lowest BCUT2D eigenvalue weighted by atomic mass is 9.90. The summed E-state index contributed by atoms with van der Waals surface area (Å²) in [5, 5.41) is 3.29. The molecule has 0 bridgehead atoms. The largest absolute Gasteiger partial charge is 0.370 e. The van der Waals surface area contributed by atoms with Crippen LogP contribution in [0, 0.1) is 5.92 Å². The summed E-state index contributed by atoms with van der Waals surface area (Å²) in [6, 6.07) is 6.90. The van der Waals surface area contributed by atoms with Gasteiger partial charge in [0.05, 0.1) is 6.04 Å². The first kappa shape index (κ1) is 14.6. The number of aliphatic imine (C=N–C) groups is 1. The van der Waals surface area contributed by atoms with Crippen molar-refractivity contribution in [3.05, 3.63) is 29.3 Å². The molecule has 0 aromatic heterocycles. The molecule has 2 atom stereocenters. The van der Waals surface area contributed by atoms with Crippen molar-refractivity contribution in [1.82, 2.24) is 0 Å². The fraction of sp³-hybridized carbons (Fsp3) is 0.533. The fourth-order valence-corrected chi connectivity index (χ4v) is 2.73. The second kappa shape index (κ2) is 6.11. The maximum atomic E-state index is 5.98. The van der Waals surface area contributed by atoms with Crippen LogP contribution in [0.25, 0.3) is 0 Å². The van der Waals surface area contributed by atoms with Crippen LogP contribution >= 0.6 is 24.0 Å². The molecule has 3 N–H and O–H groups in total. The van der Waals surface area contributed by atoms with Crippen molar-refractivity contribution in [2.75, 3.05) is 5.32 Å². The highest BCUT2D eigenvalue weighted by Gasteiger charge is 2.32. The van der Waals surface area contributed by atoms with Gasteiger partial charge in [-0.15, -0.1) is 24.0 Å². The number of guanidine groups is 1. The zero-order valence-electron chi connectivity index (χ0n) is 11.4. The molecular formula is C15H22IN3. The highest BCUT2D eigenvalue weighted by atomic mass is 127. The number of hydrogen-bond acceptors (Lipinski definition) is 1. The fourth-order valence-electron chi connectivity index (χ4n) is 2.73. The van der Waals surface area contributed by atoms with Crippen LogP contribution in [0.3, 0.4) is 0 Å². The number of hydrogen-bond donors (Lipinski definition) is 2. The van der Waals surface area contributed by atoms with Crippen molar-refractivity contribution in [1.29, 1.82) is 0 Å². The maximum absolute atomic E-state index is 5.98. The van der Waals surface area contributed by atoms with Crippen LogP contribution in [-0.4, -0.2) is 12.0 Å². The van der Waals surface area contributed by atoms with Crippen LogP contribution in [0.1, 0.15) is 37.3 Å². The van der Waals surface area contributed by atoms with Gasteiger partial charge in [-0.1, -0.05) is 19.1 Å². The van der Waals surface area contributed by atoms with Crippen molar-refractivity contribution in [3.63, 3.8) is 0 Å². The van der Waals surface area contributed by atoms with Gasteiger partial charge in [0.25, 0.3) is 0 Å². The summed E-state index contributed by atoms with van der Waals surface area (Å²) < 4.78 is 0. The Hall–Kier alpha value is -0.780. The minimum atomic E-state index is 0. The molecule has 3 rings (SSSR count). The van der Waals surface area contributed by atoms with E-state index >= 15 is 0 Å². The zero-order chi connectivity index (χ0) is 12.5. The van der Waals surface area contributed by atoms with E-state index in [1.807, 2.05) is 0 Å². The van der Waals surface area contributed by atoms with Crippen molar-refractivity contribution in [3.8, 4) is 0 Å². The van der Waals surface area contributed by atoms with Gasteiger partial charge < -0.3 is 11.1 Å². The van der Waals surface area contributed by atoms with Crippen LogP contribution in [0.2, 0.25) is 0 Å². The van der Waals surface area contributed by atoms with Gasteiger partial charge in [0.1, 0.15) is 0 Å². The Labute approximate surface area is 132 Å². The number of halogens is 1. The number of fused-ring (bicyclic) bond motifs is 1. The van der Waals surface area contributed by atoms with E-state index in [1.54, 1.807) is 0 Å². The lowest BCUT2D eigenvalue weighted by Gasteiger charge is -2.19. The van der Waals surface area contributed by atoms with Gasteiger partial charge in [0.15, 0.2) is 5.96 Å². The summed E-state index contributed by atoms with van der Waals surface area (Å²) in [5.74, 6) is 1.28. The van der Waals surface area contributed by atoms with E-state index in [4.69, 9.17) is 5.73 Å². The SMILES string of the molecule is CC1CC1N=C(N)Nc1cccc2c1CCCC2.I. The molecule has 0 radical (unpaired) electrons. The van der Waals surface area contributed by atoms with Gasteiger partial charge in [-0.25, -0.2) is 4.99 Å². The first-order valence-corrected chi connectivity index (χ1v) is 6.95. The lowest BCUT2D eigenvalue weighted by molar-refractivity contribution is 0.687. The molecule has 0 spiro atoms. The van der Waals surface area contributed by atoms with Gasteiger partial charge in [-0.2, -0.15) is 0 Å². The van der Waals surface area contributed by atoms with Crippen LogP contribution in [0.4, 0.5) is 5.69 Å². The van der Waals surface area contributed by atoms with Crippen molar-refractivity contribution in [2.24, 2.45) is 16.6 Å². The van der Waals surface area contributed by atoms with Crippen LogP contribution in [0.15, 0.2) is 23.2 Å². The third-order valence-electron chi connectivity index (χ3n) is 4.03. The average Bonchev–Trinajstić information content (AvgIpc) is 3.05. The van der Waals surface area contributed by atoms with E-state index in [-0.39, 0.29) is 24.0 Å². The minimum Gasteiger partial charge on any atom is -0.370 e. The molecule has 1 saturated carbocycles. The quantitative estimate of drug-likeness (QED) is 0.476. The number of nitrogens with zero attached hydrogens (tertiary/aromatic N) is 1.